The quantitative estimate of drug-likeness (QED) is 0.674. The van der Waals surface area contributed by atoms with Crippen LogP contribution in [0.4, 0.5) is 0 Å². The highest BCUT2D eigenvalue weighted by molar-refractivity contribution is 6.31. The van der Waals surface area contributed by atoms with E-state index in [4.69, 9.17) is 21.1 Å². The highest BCUT2D eigenvalue weighted by Crippen LogP contribution is 2.23. The number of rotatable bonds is 4. The van der Waals surface area contributed by atoms with E-state index in [1.54, 1.807) is 36.4 Å². The Hall–Kier alpha value is -2.93. The van der Waals surface area contributed by atoms with Gasteiger partial charge in [-0.1, -0.05) is 28.9 Å². The van der Waals surface area contributed by atoms with E-state index in [0.717, 1.165) is 4.68 Å². The number of esters is 1. The van der Waals surface area contributed by atoms with Crippen molar-refractivity contribution < 1.29 is 14.3 Å². The molecule has 122 valence electrons. The number of hydrogen-bond acceptors (Lipinski definition) is 6. The third kappa shape index (κ3) is 3.07. The van der Waals surface area contributed by atoms with Crippen LogP contribution in [0.3, 0.4) is 0 Å². The standard InChI is InChI=1S/C16H12ClN3O4/c1-23-14-7-6-10(17)8-12(14)16(22)24-9-20-15(21)11-4-2-3-5-13(11)18-19-20/h2-8H,9H2,1H3. The average Bonchev–Trinajstić information content (AvgIpc) is 2.61. The van der Waals surface area contributed by atoms with Gasteiger partial charge in [-0.25, -0.2) is 4.79 Å². The zero-order valence-corrected chi connectivity index (χ0v) is 13.4. The molecule has 0 spiro atoms. The van der Waals surface area contributed by atoms with E-state index in [1.807, 2.05) is 0 Å². The molecule has 0 bridgehead atoms. The Labute approximate surface area is 141 Å². The molecule has 0 aliphatic carbocycles. The van der Waals surface area contributed by atoms with Gasteiger partial charge in [0.2, 0.25) is 0 Å². The lowest BCUT2D eigenvalue weighted by atomic mass is 10.2. The average molecular weight is 346 g/mol. The third-order valence-corrected chi connectivity index (χ3v) is 3.56. The number of hydrogen-bond donors (Lipinski definition) is 0. The van der Waals surface area contributed by atoms with Gasteiger partial charge < -0.3 is 9.47 Å². The number of carbonyl (C=O) groups is 1. The molecule has 0 fully saturated rings. The summed E-state index contributed by atoms with van der Waals surface area (Å²) in [4.78, 5) is 24.5. The molecule has 0 saturated carbocycles. The van der Waals surface area contributed by atoms with Crippen LogP contribution in [0.15, 0.2) is 47.3 Å². The number of aromatic nitrogens is 3. The van der Waals surface area contributed by atoms with Crippen molar-refractivity contribution >= 4 is 28.5 Å². The summed E-state index contributed by atoms with van der Waals surface area (Å²) in [5, 5.41) is 8.43. The lowest BCUT2D eigenvalue weighted by Crippen LogP contribution is -2.26. The van der Waals surface area contributed by atoms with Crippen LogP contribution in [-0.2, 0) is 11.5 Å². The third-order valence-electron chi connectivity index (χ3n) is 3.33. The van der Waals surface area contributed by atoms with Gasteiger partial charge in [-0.15, -0.1) is 5.10 Å². The fraction of sp³-hybridized carbons (Fsp3) is 0.125. The van der Waals surface area contributed by atoms with Crippen LogP contribution in [0.25, 0.3) is 10.9 Å². The lowest BCUT2D eigenvalue weighted by molar-refractivity contribution is 0.0332. The maximum Gasteiger partial charge on any atom is 0.343 e. The molecule has 3 aromatic rings. The van der Waals surface area contributed by atoms with Crippen molar-refractivity contribution in [2.45, 2.75) is 6.73 Å². The van der Waals surface area contributed by atoms with E-state index < -0.39 is 11.5 Å². The SMILES string of the molecule is COc1ccc(Cl)cc1C(=O)OCn1nnc2ccccc2c1=O. The van der Waals surface area contributed by atoms with E-state index in [2.05, 4.69) is 10.3 Å². The van der Waals surface area contributed by atoms with Gasteiger partial charge in [-0.2, -0.15) is 4.68 Å². The van der Waals surface area contributed by atoms with Gasteiger partial charge in [-0.3, -0.25) is 4.79 Å². The number of halogens is 1. The zero-order chi connectivity index (χ0) is 17.1. The van der Waals surface area contributed by atoms with Crippen LogP contribution >= 0.6 is 11.6 Å². The molecular formula is C16H12ClN3O4. The van der Waals surface area contributed by atoms with Crippen molar-refractivity contribution in [3.63, 3.8) is 0 Å². The molecule has 0 radical (unpaired) electrons. The zero-order valence-electron chi connectivity index (χ0n) is 12.6. The molecular weight excluding hydrogens is 334 g/mol. The first-order chi connectivity index (χ1) is 11.6. The second-order valence-corrected chi connectivity index (χ2v) is 5.25. The van der Waals surface area contributed by atoms with Gasteiger partial charge in [-0.05, 0) is 30.3 Å². The maximum absolute atomic E-state index is 12.3. The van der Waals surface area contributed by atoms with Gasteiger partial charge in [0.15, 0.2) is 6.73 Å². The molecule has 1 heterocycles. The molecule has 1 aromatic heterocycles. The van der Waals surface area contributed by atoms with Crippen LogP contribution in [-0.4, -0.2) is 28.1 Å². The van der Waals surface area contributed by atoms with E-state index in [-0.39, 0.29) is 12.3 Å². The Bertz CT molecular complexity index is 971. The van der Waals surface area contributed by atoms with Crippen molar-refractivity contribution in [3.05, 3.63) is 63.4 Å². The van der Waals surface area contributed by atoms with Crippen molar-refractivity contribution in [1.82, 2.24) is 15.0 Å². The van der Waals surface area contributed by atoms with Crippen molar-refractivity contribution in [2.75, 3.05) is 7.11 Å². The largest absolute Gasteiger partial charge is 0.496 e. The summed E-state index contributed by atoms with van der Waals surface area (Å²) in [6.07, 6.45) is 0. The second-order valence-electron chi connectivity index (χ2n) is 4.82. The Kier molecular flexibility index (Phi) is 4.43. The first kappa shape index (κ1) is 15.9. The second kappa shape index (κ2) is 6.67. The van der Waals surface area contributed by atoms with Crippen LogP contribution in [0, 0.1) is 0 Å². The fourth-order valence-electron chi connectivity index (χ4n) is 2.15. The number of ether oxygens (including phenoxy) is 2. The topological polar surface area (TPSA) is 83.3 Å². The normalized spacial score (nSPS) is 10.6. The van der Waals surface area contributed by atoms with Gasteiger partial charge in [0.05, 0.1) is 12.5 Å². The van der Waals surface area contributed by atoms with E-state index in [1.165, 1.54) is 13.2 Å². The molecule has 0 aliphatic heterocycles. The first-order valence-electron chi connectivity index (χ1n) is 6.93. The Balaban J connectivity index is 1.84. The van der Waals surface area contributed by atoms with E-state index in [9.17, 15) is 9.59 Å². The fourth-order valence-corrected chi connectivity index (χ4v) is 2.32. The summed E-state index contributed by atoms with van der Waals surface area (Å²) in [7, 11) is 1.43. The Morgan fingerprint density at radius 2 is 2.04 bits per heavy atom. The molecule has 3 rings (SSSR count). The highest BCUT2D eigenvalue weighted by Gasteiger charge is 2.15. The summed E-state index contributed by atoms with van der Waals surface area (Å²) < 4.78 is 11.2. The minimum Gasteiger partial charge on any atom is -0.496 e. The van der Waals surface area contributed by atoms with Crippen LogP contribution in [0.5, 0.6) is 5.75 Å². The van der Waals surface area contributed by atoms with Crippen LogP contribution < -0.4 is 10.3 Å². The summed E-state index contributed by atoms with van der Waals surface area (Å²) in [6, 6.07) is 11.4. The molecule has 0 amide bonds. The molecule has 24 heavy (non-hydrogen) atoms. The van der Waals surface area contributed by atoms with Crippen molar-refractivity contribution in [1.29, 1.82) is 0 Å². The number of carbonyl (C=O) groups excluding carboxylic acids is 1. The smallest absolute Gasteiger partial charge is 0.343 e. The molecule has 7 nitrogen and oxygen atoms in total. The number of nitrogens with zero attached hydrogens (tertiary/aromatic N) is 3. The molecule has 2 aromatic carbocycles. The van der Waals surface area contributed by atoms with E-state index in [0.29, 0.717) is 21.7 Å². The van der Waals surface area contributed by atoms with Gasteiger partial charge >= 0.3 is 5.97 Å². The number of benzene rings is 2. The molecule has 0 N–H and O–H groups in total. The molecule has 0 saturated heterocycles. The van der Waals surface area contributed by atoms with Crippen molar-refractivity contribution in [2.24, 2.45) is 0 Å². The lowest BCUT2D eigenvalue weighted by Gasteiger charge is -2.09. The summed E-state index contributed by atoms with van der Waals surface area (Å²) in [6.45, 7) is -0.370. The van der Waals surface area contributed by atoms with Gasteiger partial charge in [0.25, 0.3) is 5.56 Å². The minimum atomic E-state index is -0.684. The van der Waals surface area contributed by atoms with Crippen molar-refractivity contribution in [3.8, 4) is 5.75 Å². The number of methoxy groups -OCH3 is 1. The molecule has 0 aliphatic rings. The van der Waals surface area contributed by atoms with E-state index >= 15 is 0 Å². The predicted molar refractivity (Wildman–Crippen MR) is 87.2 cm³/mol. The minimum absolute atomic E-state index is 0.159. The summed E-state index contributed by atoms with van der Waals surface area (Å²) in [5.41, 5.74) is 0.236. The highest BCUT2D eigenvalue weighted by atomic mass is 35.5. The Morgan fingerprint density at radius 1 is 1.25 bits per heavy atom. The maximum atomic E-state index is 12.3. The van der Waals surface area contributed by atoms with Crippen LogP contribution in [0.1, 0.15) is 10.4 Å². The molecule has 8 heteroatoms. The predicted octanol–water partition coefficient (Wildman–Crippen LogP) is 2.27. The monoisotopic (exact) mass is 345 g/mol. The van der Waals surface area contributed by atoms with Gasteiger partial charge in [0.1, 0.15) is 16.8 Å². The number of fused-ring (bicyclic) bond motifs is 1. The van der Waals surface area contributed by atoms with Crippen LogP contribution in [0.2, 0.25) is 5.02 Å². The molecule has 0 unspecified atom stereocenters. The first-order valence-corrected chi connectivity index (χ1v) is 7.31. The molecule has 0 atom stereocenters. The Morgan fingerprint density at radius 3 is 2.83 bits per heavy atom. The summed E-state index contributed by atoms with van der Waals surface area (Å²) in [5.74, 6) is -0.363. The van der Waals surface area contributed by atoms with Gasteiger partial charge in [0, 0.05) is 5.02 Å². The summed E-state index contributed by atoms with van der Waals surface area (Å²) >= 11 is 5.88.